The van der Waals surface area contributed by atoms with Gasteiger partial charge in [-0.15, -0.1) is 0 Å². The van der Waals surface area contributed by atoms with Crippen LogP contribution in [0.5, 0.6) is 0 Å². The molecule has 24 heavy (non-hydrogen) atoms. The Morgan fingerprint density at radius 2 is 2.04 bits per heavy atom. The molecule has 0 fully saturated rings. The molecule has 1 aliphatic rings. The highest BCUT2D eigenvalue weighted by atomic mass is 32.2. The Kier molecular flexibility index (Phi) is 6.01. The highest BCUT2D eigenvalue weighted by Crippen LogP contribution is 2.28. The van der Waals surface area contributed by atoms with E-state index in [0.29, 0.717) is 24.3 Å². The normalized spacial score (nSPS) is 17.2. The van der Waals surface area contributed by atoms with Crippen molar-refractivity contribution in [2.75, 3.05) is 31.3 Å². The van der Waals surface area contributed by atoms with Crippen LogP contribution in [-0.4, -0.2) is 39.3 Å². The first-order valence-corrected chi connectivity index (χ1v) is 9.55. The topological polar surface area (TPSA) is 78.5 Å². The summed E-state index contributed by atoms with van der Waals surface area (Å²) in [5.41, 5.74) is 1.21. The molecule has 7 heteroatoms. The largest absolute Gasteiger partial charge is 0.384 e. The quantitative estimate of drug-likeness (QED) is 0.740. The fraction of sp³-hybridized carbons (Fsp3) is 0.471. The minimum atomic E-state index is -3.55. The standard InChI is InChI=1S/C17H25N3O3S/c1-4-18-15-10-9-14(24(22,23)20(2)3)12-16(15)19-17(21)11-13-7-5-6-8-13/h5,7,9-10,12-13,18H,4,6,8,11H2,1-3H3,(H,19,21)/t13-/m0/s1. The van der Waals surface area contributed by atoms with Crippen molar-refractivity contribution in [2.45, 2.75) is 31.1 Å². The Morgan fingerprint density at radius 1 is 1.29 bits per heavy atom. The minimum absolute atomic E-state index is 0.106. The number of anilines is 2. The number of hydrogen-bond donors (Lipinski definition) is 2. The number of amides is 1. The summed E-state index contributed by atoms with van der Waals surface area (Å²) in [7, 11) is -0.577. The van der Waals surface area contributed by atoms with Gasteiger partial charge in [0.15, 0.2) is 0 Å². The molecule has 1 atom stereocenters. The Labute approximate surface area is 144 Å². The highest BCUT2D eigenvalue weighted by Gasteiger charge is 2.20. The molecular formula is C17H25N3O3S. The summed E-state index contributed by atoms with van der Waals surface area (Å²) in [5.74, 6) is 0.159. The number of allylic oxidation sites excluding steroid dienone is 2. The van der Waals surface area contributed by atoms with Crippen molar-refractivity contribution in [3.63, 3.8) is 0 Å². The van der Waals surface area contributed by atoms with Gasteiger partial charge < -0.3 is 10.6 Å². The molecule has 1 amide bonds. The molecule has 0 unspecified atom stereocenters. The zero-order valence-electron chi connectivity index (χ0n) is 14.4. The summed E-state index contributed by atoms with van der Waals surface area (Å²) >= 11 is 0. The number of hydrogen-bond acceptors (Lipinski definition) is 4. The van der Waals surface area contributed by atoms with Crippen LogP contribution in [0, 0.1) is 5.92 Å². The molecule has 6 nitrogen and oxygen atoms in total. The smallest absolute Gasteiger partial charge is 0.242 e. The summed E-state index contributed by atoms with van der Waals surface area (Å²) in [6.45, 7) is 2.62. The third-order valence-electron chi connectivity index (χ3n) is 3.97. The van der Waals surface area contributed by atoms with Crippen molar-refractivity contribution in [1.29, 1.82) is 0 Å². The molecule has 2 N–H and O–H groups in total. The van der Waals surface area contributed by atoms with Gasteiger partial charge in [-0.25, -0.2) is 12.7 Å². The van der Waals surface area contributed by atoms with E-state index in [-0.39, 0.29) is 16.7 Å². The number of carbonyl (C=O) groups excluding carboxylic acids is 1. The van der Waals surface area contributed by atoms with Crippen molar-refractivity contribution in [3.8, 4) is 0 Å². The maximum atomic E-state index is 12.3. The second-order valence-electron chi connectivity index (χ2n) is 6.04. The van der Waals surface area contributed by atoms with E-state index < -0.39 is 10.0 Å². The van der Waals surface area contributed by atoms with Crippen LogP contribution in [0.3, 0.4) is 0 Å². The molecule has 0 saturated carbocycles. The molecule has 1 aliphatic carbocycles. The molecule has 0 spiro atoms. The first kappa shape index (κ1) is 18.5. The fourth-order valence-electron chi connectivity index (χ4n) is 2.65. The van der Waals surface area contributed by atoms with Crippen molar-refractivity contribution in [2.24, 2.45) is 5.92 Å². The number of nitrogens with zero attached hydrogens (tertiary/aromatic N) is 1. The van der Waals surface area contributed by atoms with Crippen LogP contribution in [0.1, 0.15) is 26.2 Å². The molecule has 0 saturated heterocycles. The maximum absolute atomic E-state index is 12.3. The molecule has 0 heterocycles. The van der Waals surface area contributed by atoms with Gasteiger partial charge in [-0.3, -0.25) is 4.79 Å². The van der Waals surface area contributed by atoms with Crippen molar-refractivity contribution in [3.05, 3.63) is 30.4 Å². The first-order chi connectivity index (χ1) is 11.3. The summed E-state index contributed by atoms with van der Waals surface area (Å²) < 4.78 is 25.8. The van der Waals surface area contributed by atoms with Gasteiger partial charge in [-0.1, -0.05) is 12.2 Å². The van der Waals surface area contributed by atoms with Crippen LogP contribution in [0.2, 0.25) is 0 Å². The second kappa shape index (κ2) is 7.81. The van der Waals surface area contributed by atoms with E-state index in [9.17, 15) is 13.2 Å². The van der Waals surface area contributed by atoms with Gasteiger partial charge in [-0.2, -0.15) is 0 Å². The SMILES string of the molecule is CCNc1ccc(S(=O)(=O)N(C)C)cc1NC(=O)C[C@H]1C=CCC1. The van der Waals surface area contributed by atoms with E-state index in [4.69, 9.17) is 0 Å². The fourth-order valence-corrected chi connectivity index (χ4v) is 3.58. The Morgan fingerprint density at radius 3 is 2.62 bits per heavy atom. The predicted molar refractivity (Wildman–Crippen MR) is 96.6 cm³/mol. The minimum Gasteiger partial charge on any atom is -0.384 e. The summed E-state index contributed by atoms with van der Waals surface area (Å²) in [6, 6.07) is 4.74. The van der Waals surface area contributed by atoms with Gasteiger partial charge in [0.25, 0.3) is 0 Å². The van der Waals surface area contributed by atoms with Crippen LogP contribution < -0.4 is 10.6 Å². The molecule has 2 rings (SSSR count). The summed E-state index contributed by atoms with van der Waals surface area (Å²) in [6.07, 6.45) is 6.57. The molecule has 0 bridgehead atoms. The number of rotatable bonds is 7. The van der Waals surface area contributed by atoms with Crippen LogP contribution >= 0.6 is 0 Å². The molecule has 0 aliphatic heterocycles. The molecule has 132 valence electrons. The molecule has 1 aromatic rings. The number of benzene rings is 1. The molecular weight excluding hydrogens is 326 g/mol. The summed E-state index contributed by atoms with van der Waals surface area (Å²) in [4.78, 5) is 12.4. The molecule has 0 aromatic heterocycles. The third-order valence-corrected chi connectivity index (χ3v) is 5.78. The van der Waals surface area contributed by atoms with Gasteiger partial charge in [0.2, 0.25) is 15.9 Å². The van der Waals surface area contributed by atoms with Gasteiger partial charge in [0, 0.05) is 27.1 Å². The molecule has 0 radical (unpaired) electrons. The van der Waals surface area contributed by atoms with Gasteiger partial charge >= 0.3 is 0 Å². The first-order valence-electron chi connectivity index (χ1n) is 8.11. The van der Waals surface area contributed by atoms with Gasteiger partial charge in [0.05, 0.1) is 16.3 Å². The van der Waals surface area contributed by atoms with E-state index in [1.165, 1.54) is 20.2 Å². The van der Waals surface area contributed by atoms with Crippen molar-refractivity contribution in [1.82, 2.24) is 4.31 Å². The van der Waals surface area contributed by atoms with E-state index in [1.807, 2.05) is 6.92 Å². The van der Waals surface area contributed by atoms with Gasteiger partial charge in [0.1, 0.15) is 0 Å². The zero-order valence-corrected chi connectivity index (χ0v) is 15.2. The lowest BCUT2D eigenvalue weighted by Gasteiger charge is -2.17. The Hall–Kier alpha value is -1.86. The lowest BCUT2D eigenvalue weighted by atomic mass is 10.0. The van der Waals surface area contributed by atoms with Crippen molar-refractivity contribution < 1.29 is 13.2 Å². The Balaban J connectivity index is 2.24. The van der Waals surface area contributed by atoms with Crippen LogP contribution in [0.25, 0.3) is 0 Å². The number of sulfonamides is 1. The second-order valence-corrected chi connectivity index (χ2v) is 8.19. The highest BCUT2D eigenvalue weighted by molar-refractivity contribution is 7.89. The predicted octanol–water partition coefficient (Wildman–Crippen LogP) is 2.66. The van der Waals surface area contributed by atoms with Crippen LogP contribution in [-0.2, 0) is 14.8 Å². The maximum Gasteiger partial charge on any atom is 0.242 e. The zero-order chi connectivity index (χ0) is 17.7. The van der Waals surface area contributed by atoms with Crippen molar-refractivity contribution >= 4 is 27.3 Å². The lowest BCUT2D eigenvalue weighted by Crippen LogP contribution is -2.23. The summed E-state index contributed by atoms with van der Waals surface area (Å²) in [5, 5.41) is 6.00. The van der Waals surface area contributed by atoms with E-state index in [2.05, 4.69) is 22.8 Å². The van der Waals surface area contributed by atoms with E-state index in [0.717, 1.165) is 17.1 Å². The number of nitrogens with one attached hydrogen (secondary N) is 2. The third kappa shape index (κ3) is 4.36. The Bertz CT molecular complexity index is 727. The molecule has 1 aromatic carbocycles. The van der Waals surface area contributed by atoms with Crippen LogP contribution in [0.15, 0.2) is 35.2 Å². The lowest BCUT2D eigenvalue weighted by molar-refractivity contribution is -0.116. The van der Waals surface area contributed by atoms with Crippen LogP contribution in [0.4, 0.5) is 11.4 Å². The number of carbonyl (C=O) groups is 1. The van der Waals surface area contributed by atoms with E-state index >= 15 is 0 Å². The van der Waals surface area contributed by atoms with E-state index in [1.54, 1.807) is 12.1 Å². The monoisotopic (exact) mass is 351 g/mol. The average Bonchev–Trinajstić information content (AvgIpc) is 3.01. The van der Waals surface area contributed by atoms with Gasteiger partial charge in [-0.05, 0) is 43.9 Å². The average molecular weight is 351 g/mol.